The fourth-order valence-corrected chi connectivity index (χ4v) is 2.60. The highest BCUT2D eigenvalue weighted by Crippen LogP contribution is 2.33. The number of benzene rings is 2. The Morgan fingerprint density at radius 1 is 0.960 bits per heavy atom. The number of carbonyl (C=O) groups excluding carboxylic acids is 1. The third-order valence-corrected chi connectivity index (χ3v) is 3.80. The van der Waals surface area contributed by atoms with E-state index in [4.69, 9.17) is 0 Å². The first-order valence-corrected chi connectivity index (χ1v) is 8.09. The van der Waals surface area contributed by atoms with Gasteiger partial charge in [-0.2, -0.15) is 13.2 Å². The van der Waals surface area contributed by atoms with Crippen LogP contribution in [0.1, 0.15) is 54.7 Å². The fraction of sp³-hybridized carbons (Fsp3) is 0.350. The lowest BCUT2D eigenvalue weighted by Crippen LogP contribution is -2.31. The first-order valence-electron chi connectivity index (χ1n) is 8.09. The molecular formula is C20H22F3NO. The van der Waals surface area contributed by atoms with Crippen molar-refractivity contribution in [2.75, 3.05) is 0 Å². The van der Waals surface area contributed by atoms with Crippen LogP contribution in [0.25, 0.3) is 0 Å². The molecule has 0 aliphatic carbocycles. The molecule has 2 rings (SSSR count). The zero-order valence-corrected chi connectivity index (χ0v) is 14.5. The molecule has 0 heterocycles. The molecule has 0 spiro atoms. The van der Waals surface area contributed by atoms with Gasteiger partial charge in [-0.3, -0.25) is 4.79 Å². The number of hydrogen-bond donors (Lipinski definition) is 1. The summed E-state index contributed by atoms with van der Waals surface area (Å²) in [7, 11) is 0. The van der Waals surface area contributed by atoms with E-state index in [1.807, 2.05) is 26.8 Å². The molecule has 1 atom stereocenters. The molecule has 1 unspecified atom stereocenters. The van der Waals surface area contributed by atoms with Crippen LogP contribution >= 0.6 is 0 Å². The molecule has 0 bridgehead atoms. The number of carbonyl (C=O) groups is 1. The second-order valence-corrected chi connectivity index (χ2v) is 7.28. The second kappa shape index (κ2) is 7.30. The number of amides is 1. The van der Waals surface area contributed by atoms with Crippen LogP contribution in [-0.4, -0.2) is 5.91 Å². The van der Waals surface area contributed by atoms with Gasteiger partial charge in [0.2, 0.25) is 0 Å². The van der Waals surface area contributed by atoms with Crippen LogP contribution in [0.3, 0.4) is 0 Å². The van der Waals surface area contributed by atoms with Crippen molar-refractivity contribution in [2.45, 2.75) is 39.4 Å². The van der Waals surface area contributed by atoms with Crippen molar-refractivity contribution in [2.24, 2.45) is 5.41 Å². The highest BCUT2D eigenvalue weighted by Gasteiger charge is 2.30. The maximum absolute atomic E-state index is 12.8. The first kappa shape index (κ1) is 19.0. The Kier molecular flexibility index (Phi) is 5.55. The first-order chi connectivity index (χ1) is 11.6. The van der Waals surface area contributed by atoms with Crippen LogP contribution in [0.15, 0.2) is 54.6 Å². The Bertz CT molecular complexity index is 700. The Morgan fingerprint density at radius 2 is 1.52 bits per heavy atom. The molecule has 0 aliphatic heterocycles. The maximum atomic E-state index is 12.8. The number of rotatable bonds is 4. The van der Waals surface area contributed by atoms with Crippen LogP contribution in [0.2, 0.25) is 0 Å². The number of halogens is 3. The topological polar surface area (TPSA) is 29.1 Å². The second-order valence-electron chi connectivity index (χ2n) is 7.28. The van der Waals surface area contributed by atoms with E-state index in [0.29, 0.717) is 17.5 Å². The van der Waals surface area contributed by atoms with Crippen LogP contribution in [0.4, 0.5) is 13.2 Å². The Balaban J connectivity index is 2.25. The van der Waals surface area contributed by atoms with E-state index in [1.165, 1.54) is 12.1 Å². The largest absolute Gasteiger partial charge is 0.416 e. The lowest BCUT2D eigenvalue weighted by molar-refractivity contribution is -0.137. The third kappa shape index (κ3) is 5.62. The van der Waals surface area contributed by atoms with E-state index in [1.54, 1.807) is 24.3 Å². The number of alkyl halides is 3. The summed E-state index contributed by atoms with van der Waals surface area (Å²) in [5.41, 5.74) is 0.387. The Hall–Kier alpha value is -2.30. The quantitative estimate of drug-likeness (QED) is 0.763. The summed E-state index contributed by atoms with van der Waals surface area (Å²) < 4.78 is 38.3. The lowest BCUT2D eigenvalue weighted by atomic mass is 9.85. The van der Waals surface area contributed by atoms with E-state index >= 15 is 0 Å². The minimum Gasteiger partial charge on any atom is -0.345 e. The van der Waals surface area contributed by atoms with Gasteiger partial charge in [-0.1, -0.05) is 51.1 Å². The Labute approximate surface area is 146 Å². The minimum absolute atomic E-state index is 0.0999. The zero-order valence-electron chi connectivity index (χ0n) is 14.5. The van der Waals surface area contributed by atoms with Gasteiger partial charge in [-0.15, -0.1) is 0 Å². The molecule has 2 nitrogen and oxygen atoms in total. The predicted molar refractivity (Wildman–Crippen MR) is 92.2 cm³/mol. The lowest BCUT2D eigenvalue weighted by Gasteiger charge is -2.27. The molecule has 2 aromatic rings. The maximum Gasteiger partial charge on any atom is 0.416 e. The number of hydrogen-bond acceptors (Lipinski definition) is 1. The summed E-state index contributed by atoms with van der Waals surface area (Å²) in [5.74, 6) is -0.241. The molecule has 25 heavy (non-hydrogen) atoms. The average Bonchev–Trinajstić information content (AvgIpc) is 2.53. The van der Waals surface area contributed by atoms with Gasteiger partial charge in [0, 0.05) is 5.56 Å². The molecule has 1 amide bonds. The van der Waals surface area contributed by atoms with Crippen LogP contribution in [0.5, 0.6) is 0 Å². The van der Waals surface area contributed by atoms with Gasteiger partial charge in [-0.05, 0) is 41.7 Å². The highest BCUT2D eigenvalue weighted by molar-refractivity contribution is 5.94. The predicted octanol–water partition coefficient (Wildman–Crippen LogP) is 5.61. The van der Waals surface area contributed by atoms with Crippen LogP contribution < -0.4 is 5.32 Å². The molecule has 2 aromatic carbocycles. The van der Waals surface area contributed by atoms with E-state index < -0.39 is 11.7 Å². The standard InChI is InChI=1S/C20H22F3NO/c1-19(2,3)13-17(24-18(25)15-7-5-4-6-8-15)14-9-11-16(12-10-14)20(21,22)23/h4-12,17H,13H2,1-3H3,(H,24,25). The third-order valence-electron chi connectivity index (χ3n) is 3.80. The van der Waals surface area contributed by atoms with Crippen LogP contribution in [-0.2, 0) is 6.18 Å². The summed E-state index contributed by atoms with van der Waals surface area (Å²) in [4.78, 5) is 12.4. The van der Waals surface area contributed by atoms with Gasteiger partial charge in [0.05, 0.1) is 11.6 Å². The molecule has 0 saturated carbocycles. The molecule has 0 saturated heterocycles. The van der Waals surface area contributed by atoms with Crippen molar-refractivity contribution in [3.8, 4) is 0 Å². The van der Waals surface area contributed by atoms with E-state index in [-0.39, 0.29) is 17.4 Å². The summed E-state index contributed by atoms with van der Waals surface area (Å²) >= 11 is 0. The molecule has 134 valence electrons. The normalized spacial score (nSPS) is 13.4. The molecule has 1 N–H and O–H groups in total. The van der Waals surface area contributed by atoms with Crippen molar-refractivity contribution >= 4 is 5.91 Å². The summed E-state index contributed by atoms with van der Waals surface area (Å²) in [6, 6.07) is 13.4. The fourth-order valence-electron chi connectivity index (χ4n) is 2.60. The van der Waals surface area contributed by atoms with Crippen molar-refractivity contribution < 1.29 is 18.0 Å². The number of nitrogens with one attached hydrogen (secondary N) is 1. The van der Waals surface area contributed by atoms with Gasteiger partial charge in [0.1, 0.15) is 0 Å². The Morgan fingerprint density at radius 3 is 2.00 bits per heavy atom. The SMILES string of the molecule is CC(C)(C)CC(NC(=O)c1ccccc1)c1ccc(C(F)(F)F)cc1. The minimum atomic E-state index is -4.37. The molecule has 0 radical (unpaired) electrons. The molecule has 0 aromatic heterocycles. The highest BCUT2D eigenvalue weighted by atomic mass is 19.4. The van der Waals surface area contributed by atoms with Gasteiger partial charge in [0.25, 0.3) is 5.91 Å². The van der Waals surface area contributed by atoms with Crippen molar-refractivity contribution in [1.29, 1.82) is 0 Å². The van der Waals surface area contributed by atoms with Crippen LogP contribution in [0, 0.1) is 5.41 Å². The van der Waals surface area contributed by atoms with E-state index in [0.717, 1.165) is 12.1 Å². The molecule has 0 aliphatic rings. The molecular weight excluding hydrogens is 327 g/mol. The van der Waals surface area contributed by atoms with E-state index in [2.05, 4.69) is 5.32 Å². The van der Waals surface area contributed by atoms with Gasteiger partial charge in [-0.25, -0.2) is 0 Å². The van der Waals surface area contributed by atoms with Crippen molar-refractivity contribution in [3.05, 3.63) is 71.3 Å². The molecule has 0 fully saturated rings. The molecule has 5 heteroatoms. The van der Waals surface area contributed by atoms with Gasteiger partial charge in [0.15, 0.2) is 0 Å². The van der Waals surface area contributed by atoms with Crippen molar-refractivity contribution in [3.63, 3.8) is 0 Å². The zero-order chi connectivity index (χ0) is 18.7. The average molecular weight is 349 g/mol. The smallest absolute Gasteiger partial charge is 0.345 e. The van der Waals surface area contributed by atoms with Gasteiger partial charge >= 0.3 is 6.18 Å². The monoisotopic (exact) mass is 349 g/mol. The summed E-state index contributed by atoms with van der Waals surface area (Å²) in [6.45, 7) is 6.08. The van der Waals surface area contributed by atoms with E-state index in [9.17, 15) is 18.0 Å². The summed E-state index contributed by atoms with van der Waals surface area (Å²) in [5, 5.41) is 2.94. The van der Waals surface area contributed by atoms with Gasteiger partial charge < -0.3 is 5.32 Å². The van der Waals surface area contributed by atoms with Crippen molar-refractivity contribution in [1.82, 2.24) is 5.32 Å². The summed E-state index contributed by atoms with van der Waals surface area (Å²) in [6.07, 6.45) is -3.76.